The van der Waals surface area contributed by atoms with E-state index in [2.05, 4.69) is 42.4 Å². The Hall–Kier alpha value is -1.68. The van der Waals surface area contributed by atoms with E-state index in [0.717, 1.165) is 29.4 Å². The Balaban J connectivity index is 1.84. The number of benzene rings is 1. The van der Waals surface area contributed by atoms with Gasteiger partial charge in [0, 0.05) is 0 Å². The van der Waals surface area contributed by atoms with Gasteiger partial charge >= 0.3 is 0 Å². The van der Waals surface area contributed by atoms with Gasteiger partial charge < -0.3 is 5.11 Å². The Kier molecular flexibility index (Phi) is 5.11. The Morgan fingerprint density at radius 1 is 1.17 bits per heavy atom. The van der Waals surface area contributed by atoms with Crippen LogP contribution in [0.15, 0.2) is 18.2 Å². The molecule has 0 radical (unpaired) electrons. The summed E-state index contributed by atoms with van der Waals surface area (Å²) < 4.78 is 1.93. The van der Waals surface area contributed by atoms with Crippen LogP contribution in [0, 0.1) is 19.8 Å². The van der Waals surface area contributed by atoms with Gasteiger partial charge in [-0.25, -0.2) is 4.68 Å². The number of hydrogen-bond donors (Lipinski definition) is 1. The van der Waals surface area contributed by atoms with Crippen LogP contribution in [-0.4, -0.2) is 20.1 Å². The summed E-state index contributed by atoms with van der Waals surface area (Å²) in [5, 5.41) is 18.1. The molecule has 23 heavy (non-hydrogen) atoms. The predicted molar refractivity (Wildman–Crippen MR) is 91.7 cm³/mol. The van der Waals surface area contributed by atoms with E-state index in [1.54, 1.807) is 0 Å². The van der Waals surface area contributed by atoms with Gasteiger partial charge in [-0.1, -0.05) is 55.0 Å². The molecule has 2 aromatic rings. The minimum atomic E-state index is -0.0368. The summed E-state index contributed by atoms with van der Waals surface area (Å²) in [6, 6.07) is 6.37. The topological polar surface area (TPSA) is 50.9 Å². The zero-order valence-electron chi connectivity index (χ0n) is 14.3. The molecule has 4 nitrogen and oxygen atoms in total. The summed E-state index contributed by atoms with van der Waals surface area (Å²) in [6.45, 7) is 4.17. The molecule has 0 aliphatic heterocycles. The van der Waals surface area contributed by atoms with Crippen molar-refractivity contribution in [1.82, 2.24) is 15.0 Å². The summed E-state index contributed by atoms with van der Waals surface area (Å²) in [7, 11) is 0. The zero-order valence-corrected chi connectivity index (χ0v) is 14.3. The Morgan fingerprint density at radius 2 is 1.96 bits per heavy atom. The molecule has 1 heterocycles. The second-order valence-electron chi connectivity index (χ2n) is 6.89. The standard InChI is InChI=1S/C19H27N3O/c1-14-8-10-18(15(2)12-14)22-19(17(13-23)20-21-22)11-9-16-6-4-3-5-7-16/h8,10,12,16,23H,3-7,9,11,13H2,1-2H3. The third-order valence-corrected chi connectivity index (χ3v) is 5.09. The first-order valence-corrected chi connectivity index (χ1v) is 8.81. The molecule has 124 valence electrons. The van der Waals surface area contributed by atoms with E-state index in [1.165, 1.54) is 49.7 Å². The van der Waals surface area contributed by atoms with E-state index in [1.807, 2.05) is 4.68 Å². The summed E-state index contributed by atoms with van der Waals surface area (Å²) in [5.41, 5.74) is 5.31. The fourth-order valence-corrected chi connectivity index (χ4v) is 3.76. The molecular formula is C19H27N3O. The fourth-order valence-electron chi connectivity index (χ4n) is 3.76. The third-order valence-electron chi connectivity index (χ3n) is 5.09. The highest BCUT2D eigenvalue weighted by molar-refractivity contribution is 5.43. The lowest BCUT2D eigenvalue weighted by Crippen LogP contribution is -2.11. The number of aliphatic hydroxyl groups is 1. The average Bonchev–Trinajstić information content (AvgIpc) is 2.96. The molecule has 1 aliphatic carbocycles. The number of aromatic nitrogens is 3. The summed E-state index contributed by atoms with van der Waals surface area (Å²) >= 11 is 0. The van der Waals surface area contributed by atoms with Crippen LogP contribution in [-0.2, 0) is 13.0 Å². The van der Waals surface area contributed by atoms with Crippen molar-refractivity contribution < 1.29 is 5.11 Å². The van der Waals surface area contributed by atoms with Crippen molar-refractivity contribution >= 4 is 0 Å². The van der Waals surface area contributed by atoms with Crippen LogP contribution in [0.2, 0.25) is 0 Å². The zero-order chi connectivity index (χ0) is 16.2. The van der Waals surface area contributed by atoms with Gasteiger partial charge in [-0.3, -0.25) is 0 Å². The maximum Gasteiger partial charge on any atom is 0.112 e. The minimum absolute atomic E-state index is 0.0368. The largest absolute Gasteiger partial charge is 0.390 e. The van der Waals surface area contributed by atoms with Crippen LogP contribution in [0.4, 0.5) is 0 Å². The molecule has 0 bridgehead atoms. The average molecular weight is 313 g/mol. The highest BCUT2D eigenvalue weighted by Crippen LogP contribution is 2.28. The smallest absolute Gasteiger partial charge is 0.112 e. The van der Waals surface area contributed by atoms with Crippen LogP contribution in [0.25, 0.3) is 5.69 Å². The maximum absolute atomic E-state index is 9.61. The second kappa shape index (κ2) is 7.26. The molecule has 0 unspecified atom stereocenters. The Morgan fingerprint density at radius 3 is 2.65 bits per heavy atom. The molecule has 1 aromatic carbocycles. The third kappa shape index (κ3) is 3.63. The van der Waals surface area contributed by atoms with Crippen molar-refractivity contribution in [3.8, 4) is 5.69 Å². The van der Waals surface area contributed by atoms with E-state index in [-0.39, 0.29) is 6.61 Å². The normalized spacial score (nSPS) is 16.0. The van der Waals surface area contributed by atoms with E-state index in [0.29, 0.717) is 0 Å². The molecule has 1 aromatic heterocycles. The van der Waals surface area contributed by atoms with Crippen molar-refractivity contribution in [2.75, 3.05) is 0 Å². The summed E-state index contributed by atoms with van der Waals surface area (Å²) in [5.74, 6) is 0.817. The van der Waals surface area contributed by atoms with Crippen LogP contribution in [0.3, 0.4) is 0 Å². The second-order valence-corrected chi connectivity index (χ2v) is 6.89. The summed E-state index contributed by atoms with van der Waals surface area (Å²) in [6.07, 6.45) is 8.93. The van der Waals surface area contributed by atoms with Crippen LogP contribution in [0.5, 0.6) is 0 Å². The van der Waals surface area contributed by atoms with Crippen molar-refractivity contribution in [1.29, 1.82) is 0 Å². The lowest BCUT2D eigenvalue weighted by molar-refractivity contribution is 0.274. The van der Waals surface area contributed by atoms with E-state index in [9.17, 15) is 5.11 Å². The SMILES string of the molecule is Cc1ccc(-n2nnc(CO)c2CCC2CCCCC2)c(C)c1. The highest BCUT2D eigenvalue weighted by Gasteiger charge is 2.18. The molecule has 4 heteroatoms. The number of aryl methyl sites for hydroxylation is 2. The van der Waals surface area contributed by atoms with Gasteiger partial charge in [0.2, 0.25) is 0 Å². The lowest BCUT2D eigenvalue weighted by atomic mass is 9.85. The fraction of sp³-hybridized carbons (Fsp3) is 0.579. The van der Waals surface area contributed by atoms with E-state index >= 15 is 0 Å². The highest BCUT2D eigenvalue weighted by atomic mass is 16.3. The van der Waals surface area contributed by atoms with Crippen molar-refractivity contribution in [3.05, 3.63) is 40.7 Å². The van der Waals surface area contributed by atoms with E-state index < -0.39 is 0 Å². The van der Waals surface area contributed by atoms with Crippen molar-refractivity contribution in [3.63, 3.8) is 0 Å². The molecule has 1 aliphatic rings. The first-order valence-electron chi connectivity index (χ1n) is 8.81. The molecule has 3 rings (SSSR count). The molecule has 1 N–H and O–H groups in total. The van der Waals surface area contributed by atoms with Crippen LogP contribution < -0.4 is 0 Å². The number of rotatable bonds is 5. The van der Waals surface area contributed by atoms with Crippen LogP contribution in [0.1, 0.15) is 61.0 Å². The Bertz CT molecular complexity index is 657. The van der Waals surface area contributed by atoms with Gasteiger partial charge in [-0.2, -0.15) is 0 Å². The van der Waals surface area contributed by atoms with Crippen LogP contribution >= 0.6 is 0 Å². The number of hydrogen-bond acceptors (Lipinski definition) is 3. The molecule has 0 atom stereocenters. The molecular weight excluding hydrogens is 286 g/mol. The van der Waals surface area contributed by atoms with E-state index in [4.69, 9.17) is 0 Å². The first-order chi connectivity index (χ1) is 11.2. The van der Waals surface area contributed by atoms with Gasteiger partial charge in [-0.15, -0.1) is 5.10 Å². The van der Waals surface area contributed by atoms with Gasteiger partial charge in [0.1, 0.15) is 5.69 Å². The molecule has 0 amide bonds. The van der Waals surface area contributed by atoms with Gasteiger partial charge in [0.25, 0.3) is 0 Å². The van der Waals surface area contributed by atoms with Gasteiger partial charge in [-0.05, 0) is 44.2 Å². The number of nitrogens with zero attached hydrogens (tertiary/aromatic N) is 3. The maximum atomic E-state index is 9.61. The quantitative estimate of drug-likeness (QED) is 0.911. The van der Waals surface area contributed by atoms with Gasteiger partial charge in [0.05, 0.1) is 18.0 Å². The van der Waals surface area contributed by atoms with Gasteiger partial charge in [0.15, 0.2) is 0 Å². The number of aliphatic hydroxyl groups excluding tert-OH is 1. The molecule has 1 fully saturated rings. The molecule has 0 saturated heterocycles. The Labute approximate surface area is 138 Å². The van der Waals surface area contributed by atoms with Crippen molar-refractivity contribution in [2.45, 2.75) is 65.4 Å². The molecule has 0 spiro atoms. The van der Waals surface area contributed by atoms with Crippen molar-refractivity contribution in [2.24, 2.45) is 5.92 Å². The monoisotopic (exact) mass is 313 g/mol. The predicted octanol–water partition coefficient (Wildman–Crippen LogP) is 3.89. The molecule has 1 saturated carbocycles. The minimum Gasteiger partial charge on any atom is -0.390 e. The lowest BCUT2D eigenvalue weighted by Gasteiger charge is -2.21. The summed E-state index contributed by atoms with van der Waals surface area (Å²) in [4.78, 5) is 0. The first kappa shape index (κ1) is 16.2.